The highest BCUT2D eigenvalue weighted by atomic mass is 16.5. The molecule has 2 rings (SSSR count). The van der Waals surface area contributed by atoms with Crippen molar-refractivity contribution in [2.24, 2.45) is 0 Å². The van der Waals surface area contributed by atoms with Gasteiger partial charge in [-0.2, -0.15) is 0 Å². The van der Waals surface area contributed by atoms with E-state index in [0.717, 1.165) is 11.1 Å². The van der Waals surface area contributed by atoms with E-state index < -0.39 is 5.97 Å². The molecule has 0 atom stereocenters. The second kappa shape index (κ2) is 4.65. The highest BCUT2D eigenvalue weighted by Crippen LogP contribution is 2.24. The number of carbonyl (C=O) groups is 1. The van der Waals surface area contributed by atoms with Crippen LogP contribution in [0.3, 0.4) is 0 Å². The summed E-state index contributed by atoms with van der Waals surface area (Å²) in [5.74, 6) is -0.171. The molecule has 4 nitrogen and oxygen atoms in total. The van der Waals surface area contributed by atoms with E-state index in [-0.39, 0.29) is 5.69 Å². The van der Waals surface area contributed by atoms with Crippen LogP contribution in [0.5, 0.6) is 0 Å². The van der Waals surface area contributed by atoms with Gasteiger partial charge in [0.1, 0.15) is 5.82 Å². The highest BCUT2D eigenvalue weighted by Gasteiger charge is 2.10. The van der Waals surface area contributed by atoms with Crippen LogP contribution in [0.4, 0.5) is 5.82 Å². The van der Waals surface area contributed by atoms with E-state index in [0.29, 0.717) is 5.82 Å². The molecule has 2 N–H and O–H groups in total. The SMILES string of the molecule is COC(=O)c1ccc(-c2ccccc2)c(N)n1. The van der Waals surface area contributed by atoms with E-state index in [4.69, 9.17) is 5.73 Å². The van der Waals surface area contributed by atoms with Crippen LogP contribution in [-0.4, -0.2) is 18.1 Å². The van der Waals surface area contributed by atoms with Crippen LogP contribution in [0.15, 0.2) is 42.5 Å². The molecule has 0 bridgehead atoms. The van der Waals surface area contributed by atoms with E-state index in [1.165, 1.54) is 7.11 Å². The number of pyridine rings is 1. The van der Waals surface area contributed by atoms with Gasteiger partial charge in [-0.1, -0.05) is 30.3 Å². The first-order chi connectivity index (χ1) is 8.22. The largest absolute Gasteiger partial charge is 0.464 e. The number of anilines is 1. The van der Waals surface area contributed by atoms with Crippen LogP contribution in [0.25, 0.3) is 11.1 Å². The second-order valence-electron chi connectivity index (χ2n) is 3.49. The summed E-state index contributed by atoms with van der Waals surface area (Å²) in [7, 11) is 1.31. The van der Waals surface area contributed by atoms with Crippen molar-refractivity contribution in [2.75, 3.05) is 12.8 Å². The maximum Gasteiger partial charge on any atom is 0.356 e. The lowest BCUT2D eigenvalue weighted by atomic mass is 10.1. The van der Waals surface area contributed by atoms with E-state index in [1.54, 1.807) is 12.1 Å². The molecule has 0 aliphatic heterocycles. The maximum atomic E-state index is 11.3. The molecule has 0 amide bonds. The smallest absolute Gasteiger partial charge is 0.356 e. The summed E-state index contributed by atoms with van der Waals surface area (Å²) >= 11 is 0. The Labute approximate surface area is 99.1 Å². The lowest BCUT2D eigenvalue weighted by Gasteiger charge is -2.06. The zero-order valence-electron chi connectivity index (χ0n) is 9.38. The number of carbonyl (C=O) groups excluding carboxylic acids is 1. The molecule has 0 aliphatic rings. The van der Waals surface area contributed by atoms with Crippen LogP contribution in [0.2, 0.25) is 0 Å². The van der Waals surface area contributed by atoms with Gasteiger partial charge in [0.25, 0.3) is 0 Å². The minimum absolute atomic E-state index is 0.213. The number of methoxy groups -OCH3 is 1. The van der Waals surface area contributed by atoms with Crippen molar-refractivity contribution < 1.29 is 9.53 Å². The topological polar surface area (TPSA) is 65.2 Å². The van der Waals surface area contributed by atoms with Crippen molar-refractivity contribution in [3.05, 3.63) is 48.2 Å². The lowest BCUT2D eigenvalue weighted by molar-refractivity contribution is 0.0594. The van der Waals surface area contributed by atoms with Crippen molar-refractivity contribution in [2.45, 2.75) is 0 Å². The predicted octanol–water partition coefficient (Wildman–Crippen LogP) is 2.12. The Balaban J connectivity index is 2.42. The monoisotopic (exact) mass is 228 g/mol. The standard InChI is InChI=1S/C13H12N2O2/c1-17-13(16)11-8-7-10(12(14)15-11)9-5-3-2-4-6-9/h2-8H,1H3,(H2,14,15). The molecule has 0 unspecified atom stereocenters. The number of benzene rings is 1. The van der Waals surface area contributed by atoms with Crippen LogP contribution in [0.1, 0.15) is 10.5 Å². The number of aromatic nitrogens is 1. The molecule has 0 radical (unpaired) electrons. The number of nitrogen functional groups attached to an aromatic ring is 1. The molecule has 0 fully saturated rings. The Morgan fingerprint density at radius 2 is 1.88 bits per heavy atom. The fraction of sp³-hybridized carbons (Fsp3) is 0.0769. The molecule has 2 aromatic rings. The molecule has 0 aliphatic carbocycles. The average molecular weight is 228 g/mol. The van der Waals surface area contributed by atoms with E-state index >= 15 is 0 Å². The van der Waals surface area contributed by atoms with Gasteiger partial charge in [-0.3, -0.25) is 0 Å². The maximum absolute atomic E-state index is 11.3. The molecule has 86 valence electrons. The van der Waals surface area contributed by atoms with Crippen molar-refractivity contribution >= 4 is 11.8 Å². The normalized spacial score (nSPS) is 9.94. The van der Waals surface area contributed by atoms with E-state index in [2.05, 4.69) is 9.72 Å². The number of nitrogens with zero attached hydrogens (tertiary/aromatic N) is 1. The number of nitrogens with two attached hydrogens (primary N) is 1. The van der Waals surface area contributed by atoms with Crippen LogP contribution >= 0.6 is 0 Å². The molecule has 17 heavy (non-hydrogen) atoms. The van der Waals surface area contributed by atoms with Gasteiger partial charge in [-0.05, 0) is 17.7 Å². The first-order valence-corrected chi connectivity index (χ1v) is 5.12. The number of rotatable bonds is 2. The van der Waals surface area contributed by atoms with Gasteiger partial charge in [0, 0.05) is 5.56 Å². The first kappa shape index (κ1) is 11.1. The van der Waals surface area contributed by atoms with Gasteiger partial charge in [-0.25, -0.2) is 9.78 Å². The molecule has 0 spiro atoms. The third kappa shape index (κ3) is 2.25. The number of ether oxygens (including phenoxy) is 1. The van der Waals surface area contributed by atoms with Gasteiger partial charge in [-0.15, -0.1) is 0 Å². The summed E-state index contributed by atoms with van der Waals surface area (Å²) in [6, 6.07) is 13.0. The van der Waals surface area contributed by atoms with Crippen molar-refractivity contribution in [1.29, 1.82) is 0 Å². The van der Waals surface area contributed by atoms with Crippen molar-refractivity contribution in [3.63, 3.8) is 0 Å². The summed E-state index contributed by atoms with van der Waals surface area (Å²) in [6.07, 6.45) is 0. The van der Waals surface area contributed by atoms with Gasteiger partial charge >= 0.3 is 5.97 Å². The second-order valence-corrected chi connectivity index (χ2v) is 3.49. The van der Waals surface area contributed by atoms with Crippen molar-refractivity contribution in [3.8, 4) is 11.1 Å². The van der Waals surface area contributed by atoms with Crippen LogP contribution in [0, 0.1) is 0 Å². The lowest BCUT2D eigenvalue weighted by Crippen LogP contribution is -2.06. The van der Waals surface area contributed by atoms with Crippen molar-refractivity contribution in [1.82, 2.24) is 4.98 Å². The molecular weight excluding hydrogens is 216 g/mol. The number of esters is 1. The summed E-state index contributed by atoms with van der Waals surface area (Å²) in [6.45, 7) is 0. The van der Waals surface area contributed by atoms with E-state index in [9.17, 15) is 4.79 Å². The summed E-state index contributed by atoms with van der Waals surface area (Å²) in [4.78, 5) is 15.3. The molecular formula is C13H12N2O2. The molecule has 1 heterocycles. The van der Waals surface area contributed by atoms with Gasteiger partial charge in [0.2, 0.25) is 0 Å². The Morgan fingerprint density at radius 3 is 2.47 bits per heavy atom. The fourth-order valence-electron chi connectivity index (χ4n) is 1.55. The molecule has 1 aromatic carbocycles. The highest BCUT2D eigenvalue weighted by molar-refractivity contribution is 5.89. The van der Waals surface area contributed by atoms with E-state index in [1.807, 2.05) is 30.3 Å². The average Bonchev–Trinajstić information content (AvgIpc) is 2.38. The van der Waals surface area contributed by atoms with Crippen LogP contribution < -0.4 is 5.73 Å². The van der Waals surface area contributed by atoms with Gasteiger partial charge < -0.3 is 10.5 Å². The van der Waals surface area contributed by atoms with Crippen LogP contribution in [-0.2, 0) is 4.74 Å². The minimum atomic E-state index is -0.490. The third-order valence-corrected chi connectivity index (χ3v) is 2.40. The quantitative estimate of drug-likeness (QED) is 0.799. The van der Waals surface area contributed by atoms with Gasteiger partial charge in [0.15, 0.2) is 5.69 Å². The summed E-state index contributed by atoms with van der Waals surface area (Å²) < 4.78 is 4.58. The third-order valence-electron chi connectivity index (χ3n) is 2.40. The molecule has 0 saturated heterocycles. The Kier molecular flexibility index (Phi) is 3.05. The predicted molar refractivity (Wildman–Crippen MR) is 65.4 cm³/mol. The summed E-state index contributed by atoms with van der Waals surface area (Å²) in [5, 5.41) is 0. The first-order valence-electron chi connectivity index (χ1n) is 5.12. The molecule has 0 saturated carbocycles. The molecule has 1 aromatic heterocycles. The number of hydrogen-bond donors (Lipinski definition) is 1. The van der Waals surface area contributed by atoms with Gasteiger partial charge in [0.05, 0.1) is 7.11 Å². The fourth-order valence-corrected chi connectivity index (χ4v) is 1.55. The zero-order chi connectivity index (χ0) is 12.3. The number of hydrogen-bond acceptors (Lipinski definition) is 4. The zero-order valence-corrected chi connectivity index (χ0v) is 9.38. The Hall–Kier alpha value is -2.36. The minimum Gasteiger partial charge on any atom is -0.464 e. The molecule has 4 heteroatoms. The Bertz CT molecular complexity index is 538. The summed E-state index contributed by atoms with van der Waals surface area (Å²) in [5.41, 5.74) is 7.81. The Morgan fingerprint density at radius 1 is 1.18 bits per heavy atom.